The Morgan fingerprint density at radius 3 is 2.81 bits per heavy atom. The Bertz CT molecular complexity index is 522. The van der Waals surface area contributed by atoms with E-state index in [0.717, 1.165) is 19.3 Å². The lowest BCUT2D eigenvalue weighted by Gasteiger charge is -2.38. The van der Waals surface area contributed by atoms with Crippen molar-refractivity contribution in [2.24, 2.45) is 5.73 Å². The molecule has 2 atom stereocenters. The van der Waals surface area contributed by atoms with E-state index in [0.29, 0.717) is 12.1 Å². The number of hydrogen-bond acceptors (Lipinski definition) is 4. The predicted octanol–water partition coefficient (Wildman–Crippen LogP) is 2.36. The molecule has 1 fully saturated rings. The summed E-state index contributed by atoms with van der Waals surface area (Å²) in [5.74, 6) is -0.171. The summed E-state index contributed by atoms with van der Waals surface area (Å²) in [6.07, 6.45) is 2.90. The third-order valence-electron chi connectivity index (χ3n) is 3.72. The molecular formula is C14H20ClN3O3. The van der Waals surface area contributed by atoms with E-state index >= 15 is 0 Å². The van der Waals surface area contributed by atoms with Crippen molar-refractivity contribution in [3.05, 3.63) is 39.9 Å². The second-order valence-corrected chi connectivity index (χ2v) is 5.23. The zero-order valence-corrected chi connectivity index (χ0v) is 12.7. The number of benzene rings is 1. The van der Waals surface area contributed by atoms with Gasteiger partial charge < -0.3 is 10.6 Å². The van der Waals surface area contributed by atoms with Gasteiger partial charge in [-0.2, -0.15) is 0 Å². The molecule has 1 aromatic rings. The Balaban J connectivity index is 0.00000220. The molecule has 2 rings (SSSR count). The number of hydrogen-bond donors (Lipinski definition) is 1. The Hall–Kier alpha value is -1.66. The summed E-state index contributed by atoms with van der Waals surface area (Å²) in [4.78, 5) is 24.6. The Morgan fingerprint density at radius 1 is 1.48 bits per heavy atom. The standard InChI is InChI=1S/C14H19N3O3.ClH/c1-10(15)13-7-2-3-8-16(13)14(18)11-5-4-6-12(9-11)17(19)20;/h4-6,9-10,13H,2-3,7-8,15H2,1H3;1H. The molecule has 2 N–H and O–H groups in total. The number of nitrogens with two attached hydrogens (primary N) is 1. The van der Waals surface area contributed by atoms with Crippen molar-refractivity contribution in [1.29, 1.82) is 0 Å². The largest absolute Gasteiger partial charge is 0.334 e. The van der Waals surface area contributed by atoms with Gasteiger partial charge in [0.15, 0.2) is 0 Å². The van der Waals surface area contributed by atoms with E-state index in [4.69, 9.17) is 5.73 Å². The molecule has 1 amide bonds. The molecule has 21 heavy (non-hydrogen) atoms. The maximum Gasteiger partial charge on any atom is 0.270 e. The molecule has 0 spiro atoms. The lowest BCUT2D eigenvalue weighted by atomic mass is 9.96. The van der Waals surface area contributed by atoms with E-state index in [2.05, 4.69) is 0 Å². The first-order valence-corrected chi connectivity index (χ1v) is 6.81. The minimum atomic E-state index is -0.490. The molecule has 1 aliphatic heterocycles. The Morgan fingerprint density at radius 2 is 2.19 bits per heavy atom. The van der Waals surface area contributed by atoms with Gasteiger partial charge in [-0.25, -0.2) is 0 Å². The van der Waals surface area contributed by atoms with Crippen LogP contribution in [-0.4, -0.2) is 34.4 Å². The highest BCUT2D eigenvalue weighted by Crippen LogP contribution is 2.23. The van der Waals surface area contributed by atoms with Gasteiger partial charge in [-0.1, -0.05) is 6.07 Å². The van der Waals surface area contributed by atoms with E-state index in [1.54, 1.807) is 11.0 Å². The van der Waals surface area contributed by atoms with Gasteiger partial charge in [0.25, 0.3) is 11.6 Å². The van der Waals surface area contributed by atoms with Crippen molar-refractivity contribution < 1.29 is 9.72 Å². The van der Waals surface area contributed by atoms with Gasteiger partial charge in [-0.15, -0.1) is 12.4 Å². The summed E-state index contributed by atoms with van der Waals surface area (Å²) < 4.78 is 0. The van der Waals surface area contributed by atoms with Crippen molar-refractivity contribution >= 4 is 24.0 Å². The zero-order valence-electron chi connectivity index (χ0n) is 11.9. The number of carbonyl (C=O) groups excluding carboxylic acids is 1. The summed E-state index contributed by atoms with van der Waals surface area (Å²) in [5.41, 5.74) is 6.24. The van der Waals surface area contributed by atoms with Crippen molar-refractivity contribution in [3.63, 3.8) is 0 Å². The van der Waals surface area contributed by atoms with E-state index in [9.17, 15) is 14.9 Å². The molecule has 7 heteroatoms. The van der Waals surface area contributed by atoms with Crippen LogP contribution in [0.15, 0.2) is 24.3 Å². The van der Waals surface area contributed by atoms with Crippen LogP contribution in [0.1, 0.15) is 36.5 Å². The second kappa shape index (κ2) is 7.38. The highest BCUT2D eigenvalue weighted by Gasteiger charge is 2.30. The molecule has 0 bridgehead atoms. The van der Waals surface area contributed by atoms with Gasteiger partial charge in [-0.05, 0) is 32.3 Å². The van der Waals surface area contributed by atoms with E-state index in [-0.39, 0.29) is 36.1 Å². The number of non-ortho nitro benzene ring substituents is 1. The zero-order chi connectivity index (χ0) is 14.7. The molecule has 0 aliphatic carbocycles. The quantitative estimate of drug-likeness (QED) is 0.685. The van der Waals surface area contributed by atoms with Gasteiger partial charge in [0.1, 0.15) is 0 Å². The number of nitrogens with zero attached hydrogens (tertiary/aromatic N) is 2. The molecule has 2 unspecified atom stereocenters. The maximum absolute atomic E-state index is 12.5. The highest BCUT2D eigenvalue weighted by atomic mass is 35.5. The molecule has 1 saturated heterocycles. The molecule has 1 aliphatic rings. The summed E-state index contributed by atoms with van der Waals surface area (Å²) in [6.45, 7) is 2.55. The summed E-state index contributed by atoms with van der Waals surface area (Å²) in [5, 5.41) is 10.8. The molecule has 0 aromatic heterocycles. The van der Waals surface area contributed by atoms with Gasteiger partial charge in [0, 0.05) is 36.3 Å². The normalized spacial score (nSPS) is 19.5. The SMILES string of the molecule is CC(N)C1CCCCN1C(=O)c1cccc([N+](=O)[O-])c1.Cl. The fourth-order valence-electron chi connectivity index (χ4n) is 2.67. The molecule has 1 aromatic carbocycles. The average molecular weight is 314 g/mol. The predicted molar refractivity (Wildman–Crippen MR) is 82.7 cm³/mol. The topological polar surface area (TPSA) is 89.5 Å². The number of rotatable bonds is 3. The van der Waals surface area contributed by atoms with Gasteiger partial charge in [-0.3, -0.25) is 14.9 Å². The van der Waals surface area contributed by atoms with Gasteiger partial charge in [0.2, 0.25) is 0 Å². The number of nitro groups is 1. The third-order valence-corrected chi connectivity index (χ3v) is 3.72. The molecular weight excluding hydrogens is 294 g/mol. The van der Waals surface area contributed by atoms with Crippen LogP contribution in [0.2, 0.25) is 0 Å². The summed E-state index contributed by atoms with van der Waals surface area (Å²) >= 11 is 0. The first-order chi connectivity index (χ1) is 9.50. The van der Waals surface area contributed by atoms with Crippen LogP contribution in [0.5, 0.6) is 0 Å². The Kier molecular flexibility index (Phi) is 6.11. The number of amides is 1. The van der Waals surface area contributed by atoms with Crippen LogP contribution in [0.25, 0.3) is 0 Å². The lowest BCUT2D eigenvalue weighted by molar-refractivity contribution is -0.384. The van der Waals surface area contributed by atoms with Crippen LogP contribution >= 0.6 is 12.4 Å². The van der Waals surface area contributed by atoms with Crippen molar-refractivity contribution in [2.45, 2.75) is 38.3 Å². The first-order valence-electron chi connectivity index (χ1n) is 6.81. The van der Waals surface area contributed by atoms with Crippen molar-refractivity contribution in [3.8, 4) is 0 Å². The summed E-state index contributed by atoms with van der Waals surface area (Å²) in [6, 6.07) is 5.78. The molecule has 1 heterocycles. The number of carbonyl (C=O) groups is 1. The van der Waals surface area contributed by atoms with Crippen molar-refractivity contribution in [2.75, 3.05) is 6.54 Å². The third kappa shape index (κ3) is 3.92. The fourth-order valence-corrected chi connectivity index (χ4v) is 2.67. The molecule has 0 radical (unpaired) electrons. The van der Waals surface area contributed by atoms with E-state index in [1.165, 1.54) is 18.2 Å². The summed E-state index contributed by atoms with van der Waals surface area (Å²) in [7, 11) is 0. The van der Waals surface area contributed by atoms with Gasteiger partial charge >= 0.3 is 0 Å². The second-order valence-electron chi connectivity index (χ2n) is 5.23. The van der Waals surface area contributed by atoms with E-state index < -0.39 is 4.92 Å². The molecule has 0 saturated carbocycles. The number of likely N-dealkylation sites (tertiary alicyclic amines) is 1. The smallest absolute Gasteiger partial charge is 0.270 e. The molecule has 116 valence electrons. The number of halogens is 1. The van der Waals surface area contributed by atoms with Crippen LogP contribution < -0.4 is 5.73 Å². The number of nitro benzene ring substituents is 1. The van der Waals surface area contributed by atoms with Crippen molar-refractivity contribution in [1.82, 2.24) is 4.90 Å². The maximum atomic E-state index is 12.5. The minimum Gasteiger partial charge on any atom is -0.334 e. The lowest BCUT2D eigenvalue weighted by Crippen LogP contribution is -2.51. The highest BCUT2D eigenvalue weighted by molar-refractivity contribution is 5.95. The Labute approximate surface area is 129 Å². The van der Waals surface area contributed by atoms with Crippen LogP contribution in [0, 0.1) is 10.1 Å². The van der Waals surface area contributed by atoms with Crippen LogP contribution in [0.4, 0.5) is 5.69 Å². The fraction of sp³-hybridized carbons (Fsp3) is 0.500. The van der Waals surface area contributed by atoms with E-state index in [1.807, 2.05) is 6.92 Å². The first kappa shape index (κ1) is 17.4. The van der Waals surface area contributed by atoms with Crippen LogP contribution in [0.3, 0.4) is 0 Å². The van der Waals surface area contributed by atoms with Crippen LogP contribution in [-0.2, 0) is 0 Å². The average Bonchev–Trinajstić information content (AvgIpc) is 2.46. The van der Waals surface area contributed by atoms with Gasteiger partial charge in [0.05, 0.1) is 4.92 Å². The minimum absolute atomic E-state index is 0. The molecule has 6 nitrogen and oxygen atoms in total. The monoisotopic (exact) mass is 313 g/mol. The number of piperidine rings is 1.